The van der Waals surface area contributed by atoms with E-state index in [1.165, 1.54) is 0 Å². The van der Waals surface area contributed by atoms with Crippen molar-refractivity contribution in [2.45, 2.75) is 38.5 Å². The van der Waals surface area contributed by atoms with Gasteiger partial charge in [0, 0.05) is 10.5 Å². The van der Waals surface area contributed by atoms with E-state index in [4.69, 9.17) is 10.5 Å². The average molecular weight is 364 g/mol. The molecule has 0 aromatic heterocycles. The van der Waals surface area contributed by atoms with Crippen molar-refractivity contribution in [2.75, 3.05) is 12.4 Å². The van der Waals surface area contributed by atoms with Gasteiger partial charge in [-0.05, 0) is 51.0 Å². The highest BCUT2D eigenvalue weighted by molar-refractivity contribution is 9.10. The molecule has 4 nitrogen and oxygen atoms in total. The smallest absolute Gasteiger partial charge is 0.155 e. The first-order chi connectivity index (χ1) is 9.22. The standard InChI is InChI=1S/C14H22BrNO3S/c1-10(2)20(17,18)7-6-19-14-5-4-13(15)9-12(14)8-11(3)16/h4-5,9-11H,6-8,16H2,1-3H3. The summed E-state index contributed by atoms with van der Waals surface area (Å²) in [6.45, 7) is 5.44. The summed E-state index contributed by atoms with van der Waals surface area (Å²) in [5.74, 6) is 0.725. The van der Waals surface area contributed by atoms with E-state index in [2.05, 4.69) is 15.9 Å². The predicted molar refractivity (Wildman–Crippen MR) is 85.9 cm³/mol. The molecule has 1 aromatic rings. The number of hydrogen-bond donors (Lipinski definition) is 1. The summed E-state index contributed by atoms with van der Waals surface area (Å²) in [5.41, 5.74) is 6.80. The number of rotatable bonds is 7. The van der Waals surface area contributed by atoms with Gasteiger partial charge in [0.2, 0.25) is 0 Å². The molecule has 6 heteroatoms. The molecule has 0 saturated heterocycles. The maximum atomic E-state index is 11.7. The Hall–Kier alpha value is -0.590. The second-order valence-electron chi connectivity index (χ2n) is 5.20. The molecule has 0 bridgehead atoms. The van der Waals surface area contributed by atoms with E-state index >= 15 is 0 Å². The van der Waals surface area contributed by atoms with Crippen molar-refractivity contribution in [3.8, 4) is 5.75 Å². The Labute approximate surface area is 129 Å². The zero-order chi connectivity index (χ0) is 15.3. The molecular weight excluding hydrogens is 342 g/mol. The second-order valence-corrected chi connectivity index (χ2v) is 8.79. The zero-order valence-electron chi connectivity index (χ0n) is 12.1. The molecule has 1 aromatic carbocycles. The van der Waals surface area contributed by atoms with Crippen molar-refractivity contribution in [1.82, 2.24) is 0 Å². The van der Waals surface area contributed by atoms with Gasteiger partial charge in [0.25, 0.3) is 0 Å². The molecule has 0 radical (unpaired) electrons. The minimum Gasteiger partial charge on any atom is -0.492 e. The molecule has 114 valence electrons. The largest absolute Gasteiger partial charge is 0.492 e. The number of ether oxygens (including phenoxy) is 1. The summed E-state index contributed by atoms with van der Waals surface area (Å²) in [5, 5.41) is -0.375. The number of nitrogens with two attached hydrogens (primary N) is 1. The molecule has 0 saturated carbocycles. The summed E-state index contributed by atoms with van der Waals surface area (Å²) < 4.78 is 30.0. The maximum Gasteiger partial charge on any atom is 0.155 e. The molecule has 1 atom stereocenters. The van der Waals surface area contributed by atoms with E-state index < -0.39 is 9.84 Å². The van der Waals surface area contributed by atoms with Gasteiger partial charge in [0.1, 0.15) is 12.4 Å². The molecule has 0 aliphatic carbocycles. The van der Waals surface area contributed by atoms with Gasteiger partial charge in [-0.1, -0.05) is 15.9 Å². The van der Waals surface area contributed by atoms with Crippen LogP contribution in [0.2, 0.25) is 0 Å². The molecular formula is C14H22BrNO3S. The Morgan fingerprint density at radius 1 is 1.30 bits per heavy atom. The van der Waals surface area contributed by atoms with E-state index in [1.807, 2.05) is 25.1 Å². The van der Waals surface area contributed by atoms with Crippen molar-refractivity contribution >= 4 is 25.8 Å². The third-order valence-electron chi connectivity index (χ3n) is 2.91. The van der Waals surface area contributed by atoms with Crippen LogP contribution in [0.25, 0.3) is 0 Å². The molecule has 0 aliphatic rings. The molecule has 1 rings (SSSR count). The molecule has 1 unspecified atom stereocenters. The lowest BCUT2D eigenvalue weighted by molar-refractivity contribution is 0.336. The first-order valence-corrected chi connectivity index (χ1v) is 9.11. The Balaban J connectivity index is 2.73. The van der Waals surface area contributed by atoms with Crippen LogP contribution in [0.4, 0.5) is 0 Å². The minimum absolute atomic E-state index is 0.0195. The molecule has 0 spiro atoms. The van der Waals surface area contributed by atoms with Crippen LogP contribution in [0.5, 0.6) is 5.75 Å². The fourth-order valence-corrected chi connectivity index (χ4v) is 2.89. The highest BCUT2D eigenvalue weighted by atomic mass is 79.9. The van der Waals surface area contributed by atoms with Crippen molar-refractivity contribution in [2.24, 2.45) is 5.73 Å². The van der Waals surface area contributed by atoms with E-state index in [0.717, 1.165) is 10.0 Å². The topological polar surface area (TPSA) is 69.4 Å². The monoisotopic (exact) mass is 363 g/mol. The first kappa shape index (κ1) is 17.5. The summed E-state index contributed by atoms with van der Waals surface area (Å²) >= 11 is 3.41. The van der Waals surface area contributed by atoms with Crippen LogP contribution >= 0.6 is 15.9 Å². The van der Waals surface area contributed by atoms with Gasteiger partial charge in [-0.3, -0.25) is 0 Å². The Morgan fingerprint density at radius 3 is 2.50 bits per heavy atom. The fourth-order valence-electron chi connectivity index (χ4n) is 1.70. The van der Waals surface area contributed by atoms with Crippen molar-refractivity contribution in [3.63, 3.8) is 0 Å². The average Bonchev–Trinajstić information content (AvgIpc) is 2.30. The maximum absolute atomic E-state index is 11.7. The van der Waals surface area contributed by atoms with Gasteiger partial charge < -0.3 is 10.5 Å². The van der Waals surface area contributed by atoms with E-state index in [0.29, 0.717) is 12.2 Å². The number of sulfone groups is 1. The lowest BCUT2D eigenvalue weighted by Crippen LogP contribution is -2.22. The molecule has 0 amide bonds. The van der Waals surface area contributed by atoms with E-state index in [1.54, 1.807) is 13.8 Å². The Kier molecular flexibility index (Phi) is 6.48. The van der Waals surface area contributed by atoms with Gasteiger partial charge in [-0.15, -0.1) is 0 Å². The summed E-state index contributed by atoms with van der Waals surface area (Å²) in [6.07, 6.45) is 0.686. The van der Waals surface area contributed by atoms with Crippen LogP contribution in [0.3, 0.4) is 0 Å². The zero-order valence-corrected chi connectivity index (χ0v) is 14.5. The molecule has 0 heterocycles. The van der Waals surface area contributed by atoms with Crippen molar-refractivity contribution in [3.05, 3.63) is 28.2 Å². The normalized spacial score (nSPS) is 13.5. The second kappa shape index (κ2) is 7.43. The van der Waals surface area contributed by atoms with Crippen LogP contribution in [-0.4, -0.2) is 32.1 Å². The van der Waals surface area contributed by atoms with Crippen molar-refractivity contribution in [1.29, 1.82) is 0 Å². The Morgan fingerprint density at radius 2 is 1.95 bits per heavy atom. The van der Waals surface area contributed by atoms with Gasteiger partial charge >= 0.3 is 0 Å². The molecule has 0 fully saturated rings. The Bertz CT molecular complexity index is 541. The highest BCUT2D eigenvalue weighted by Crippen LogP contribution is 2.24. The van der Waals surface area contributed by atoms with Crippen LogP contribution in [0, 0.1) is 0 Å². The number of hydrogen-bond acceptors (Lipinski definition) is 4. The highest BCUT2D eigenvalue weighted by Gasteiger charge is 2.16. The van der Waals surface area contributed by atoms with E-state index in [-0.39, 0.29) is 23.7 Å². The van der Waals surface area contributed by atoms with Crippen LogP contribution < -0.4 is 10.5 Å². The molecule has 2 N–H and O–H groups in total. The summed E-state index contributed by atoms with van der Waals surface area (Å²) in [7, 11) is -3.07. The lowest BCUT2D eigenvalue weighted by Gasteiger charge is -2.14. The van der Waals surface area contributed by atoms with Gasteiger partial charge in [-0.2, -0.15) is 0 Å². The van der Waals surface area contributed by atoms with E-state index in [9.17, 15) is 8.42 Å². The lowest BCUT2D eigenvalue weighted by atomic mass is 10.1. The predicted octanol–water partition coefficient (Wildman–Crippen LogP) is 2.54. The minimum atomic E-state index is -3.07. The third kappa shape index (κ3) is 5.42. The fraction of sp³-hybridized carbons (Fsp3) is 0.571. The van der Waals surface area contributed by atoms with Gasteiger partial charge in [0.05, 0.1) is 11.0 Å². The van der Waals surface area contributed by atoms with Crippen LogP contribution in [0.15, 0.2) is 22.7 Å². The number of halogens is 1. The van der Waals surface area contributed by atoms with Gasteiger partial charge in [-0.25, -0.2) is 8.42 Å². The van der Waals surface area contributed by atoms with Crippen LogP contribution in [-0.2, 0) is 16.3 Å². The third-order valence-corrected chi connectivity index (χ3v) is 5.57. The number of benzene rings is 1. The summed E-state index contributed by atoms with van der Waals surface area (Å²) in [4.78, 5) is 0. The quantitative estimate of drug-likeness (QED) is 0.807. The first-order valence-electron chi connectivity index (χ1n) is 6.60. The van der Waals surface area contributed by atoms with Crippen LogP contribution in [0.1, 0.15) is 26.3 Å². The SMILES string of the molecule is CC(N)Cc1cc(Br)ccc1OCCS(=O)(=O)C(C)C. The molecule has 0 aliphatic heterocycles. The molecule has 20 heavy (non-hydrogen) atoms. The van der Waals surface area contributed by atoms with Gasteiger partial charge in [0.15, 0.2) is 9.84 Å². The van der Waals surface area contributed by atoms with Crippen molar-refractivity contribution < 1.29 is 13.2 Å². The summed E-state index contributed by atoms with van der Waals surface area (Å²) in [6, 6.07) is 5.68.